The Morgan fingerprint density at radius 3 is 2.71 bits per heavy atom. The normalized spacial score (nSPS) is 17.4. The average molecular weight is 376 g/mol. The molecule has 0 aliphatic carbocycles. The van der Waals surface area contributed by atoms with Crippen molar-refractivity contribution < 1.29 is 4.79 Å². The number of carbonyl (C=O) groups excluding carboxylic acids is 1. The van der Waals surface area contributed by atoms with Crippen LogP contribution in [0, 0.1) is 12.8 Å². The first kappa shape index (κ1) is 18.3. The summed E-state index contributed by atoms with van der Waals surface area (Å²) in [7, 11) is 0. The van der Waals surface area contributed by atoms with Crippen molar-refractivity contribution >= 4 is 11.6 Å². The van der Waals surface area contributed by atoms with E-state index in [2.05, 4.69) is 30.4 Å². The summed E-state index contributed by atoms with van der Waals surface area (Å²) in [5.74, 6) is 0.852. The molecule has 2 N–H and O–H groups in total. The van der Waals surface area contributed by atoms with Crippen LogP contribution in [0.2, 0.25) is 0 Å². The number of benzene rings is 1. The van der Waals surface area contributed by atoms with Gasteiger partial charge in [-0.2, -0.15) is 5.10 Å². The van der Waals surface area contributed by atoms with Gasteiger partial charge in [0.15, 0.2) is 0 Å². The molecule has 1 aliphatic heterocycles. The van der Waals surface area contributed by atoms with Gasteiger partial charge in [-0.3, -0.25) is 14.8 Å². The van der Waals surface area contributed by atoms with Crippen LogP contribution in [-0.4, -0.2) is 44.1 Å². The van der Waals surface area contributed by atoms with Crippen LogP contribution in [-0.2, 0) is 11.3 Å². The number of aromatic nitrogens is 4. The van der Waals surface area contributed by atoms with Crippen LogP contribution in [0.4, 0.5) is 5.69 Å². The Kier molecular flexibility index (Phi) is 5.43. The van der Waals surface area contributed by atoms with Gasteiger partial charge < -0.3 is 5.32 Å². The van der Waals surface area contributed by atoms with Crippen LogP contribution in [0.5, 0.6) is 0 Å². The standard InChI is InChI=1S/C21H24N6O/c1-15-22-11-16(12-23-15)13-27-10-2-3-18(14-27)21(28)25-19-6-4-17(5-7-19)20-8-9-24-26-20/h4-9,11-12,18H,2-3,10,13-14H2,1H3,(H,24,26)(H,25,28). The summed E-state index contributed by atoms with van der Waals surface area (Å²) in [6, 6.07) is 9.74. The zero-order chi connectivity index (χ0) is 19.3. The molecule has 7 nitrogen and oxygen atoms in total. The fourth-order valence-electron chi connectivity index (χ4n) is 3.57. The molecule has 0 spiro atoms. The molecule has 1 unspecified atom stereocenters. The van der Waals surface area contributed by atoms with E-state index in [9.17, 15) is 4.79 Å². The number of nitrogens with zero attached hydrogens (tertiary/aromatic N) is 4. The van der Waals surface area contributed by atoms with E-state index in [1.165, 1.54) is 0 Å². The Hall–Kier alpha value is -3.06. The molecule has 1 aliphatic rings. The maximum atomic E-state index is 12.7. The van der Waals surface area contributed by atoms with E-state index in [0.29, 0.717) is 0 Å². The van der Waals surface area contributed by atoms with E-state index in [0.717, 1.165) is 60.8 Å². The molecular formula is C21H24N6O. The highest BCUT2D eigenvalue weighted by atomic mass is 16.1. The quantitative estimate of drug-likeness (QED) is 0.715. The lowest BCUT2D eigenvalue weighted by atomic mass is 9.96. The van der Waals surface area contributed by atoms with Crippen molar-refractivity contribution in [3.05, 3.63) is 60.3 Å². The third-order valence-corrected chi connectivity index (χ3v) is 5.08. The molecule has 1 atom stereocenters. The van der Waals surface area contributed by atoms with Crippen molar-refractivity contribution in [3.8, 4) is 11.3 Å². The molecule has 0 bridgehead atoms. The van der Waals surface area contributed by atoms with Gasteiger partial charge in [0.05, 0.1) is 11.6 Å². The molecule has 1 saturated heterocycles. The lowest BCUT2D eigenvalue weighted by Crippen LogP contribution is -2.40. The van der Waals surface area contributed by atoms with Gasteiger partial charge in [0.2, 0.25) is 5.91 Å². The monoisotopic (exact) mass is 376 g/mol. The largest absolute Gasteiger partial charge is 0.326 e. The zero-order valence-electron chi connectivity index (χ0n) is 15.9. The van der Waals surface area contributed by atoms with Gasteiger partial charge >= 0.3 is 0 Å². The van der Waals surface area contributed by atoms with Crippen molar-refractivity contribution in [2.45, 2.75) is 26.3 Å². The summed E-state index contributed by atoms with van der Waals surface area (Å²) in [5.41, 5.74) is 3.90. The van der Waals surface area contributed by atoms with Gasteiger partial charge in [-0.15, -0.1) is 0 Å². The van der Waals surface area contributed by atoms with E-state index in [1.807, 2.05) is 49.6 Å². The third kappa shape index (κ3) is 4.43. The Morgan fingerprint density at radius 1 is 1.21 bits per heavy atom. The van der Waals surface area contributed by atoms with Crippen LogP contribution >= 0.6 is 0 Å². The number of H-pyrrole nitrogens is 1. The minimum Gasteiger partial charge on any atom is -0.326 e. The summed E-state index contributed by atoms with van der Waals surface area (Å²) in [4.78, 5) is 23.6. The van der Waals surface area contributed by atoms with Gasteiger partial charge in [0.25, 0.3) is 0 Å². The predicted octanol–water partition coefficient (Wildman–Crippen LogP) is 3.03. The summed E-state index contributed by atoms with van der Waals surface area (Å²) >= 11 is 0. The molecule has 7 heteroatoms. The maximum Gasteiger partial charge on any atom is 0.228 e. The number of amides is 1. The van der Waals surface area contributed by atoms with E-state index in [-0.39, 0.29) is 11.8 Å². The minimum atomic E-state index is -0.00704. The molecule has 2 aromatic heterocycles. The van der Waals surface area contributed by atoms with E-state index < -0.39 is 0 Å². The van der Waals surface area contributed by atoms with Gasteiger partial charge in [0.1, 0.15) is 5.82 Å². The molecule has 3 heterocycles. The minimum absolute atomic E-state index is 0.00704. The molecule has 144 valence electrons. The molecular weight excluding hydrogens is 352 g/mol. The highest BCUT2D eigenvalue weighted by Crippen LogP contribution is 2.22. The number of rotatable bonds is 5. The van der Waals surface area contributed by atoms with E-state index in [1.54, 1.807) is 6.20 Å². The van der Waals surface area contributed by atoms with Gasteiger partial charge in [-0.05, 0) is 50.1 Å². The Labute approximate surface area is 164 Å². The second kappa shape index (κ2) is 8.31. The van der Waals surface area contributed by atoms with E-state index in [4.69, 9.17) is 0 Å². The van der Waals surface area contributed by atoms with Gasteiger partial charge in [-0.25, -0.2) is 9.97 Å². The first-order valence-electron chi connectivity index (χ1n) is 9.58. The molecule has 28 heavy (non-hydrogen) atoms. The second-order valence-corrected chi connectivity index (χ2v) is 7.25. The van der Waals surface area contributed by atoms with Crippen LogP contribution in [0.3, 0.4) is 0 Å². The first-order valence-corrected chi connectivity index (χ1v) is 9.58. The molecule has 4 rings (SSSR count). The highest BCUT2D eigenvalue weighted by Gasteiger charge is 2.26. The number of piperidine rings is 1. The zero-order valence-corrected chi connectivity index (χ0v) is 15.9. The van der Waals surface area contributed by atoms with Gasteiger partial charge in [0, 0.05) is 42.9 Å². The molecule has 0 radical (unpaired) electrons. The Balaban J connectivity index is 1.34. The van der Waals surface area contributed by atoms with Crippen molar-refractivity contribution in [3.63, 3.8) is 0 Å². The second-order valence-electron chi connectivity index (χ2n) is 7.25. The Bertz CT molecular complexity index is 905. The molecule has 0 saturated carbocycles. The first-order chi connectivity index (χ1) is 13.7. The van der Waals surface area contributed by atoms with E-state index >= 15 is 0 Å². The number of carbonyl (C=O) groups is 1. The topological polar surface area (TPSA) is 86.8 Å². The smallest absolute Gasteiger partial charge is 0.228 e. The van der Waals surface area contributed by atoms with Crippen molar-refractivity contribution in [1.82, 2.24) is 25.1 Å². The summed E-state index contributed by atoms with van der Waals surface area (Å²) < 4.78 is 0. The lowest BCUT2D eigenvalue weighted by Gasteiger charge is -2.31. The number of nitrogens with one attached hydrogen (secondary N) is 2. The third-order valence-electron chi connectivity index (χ3n) is 5.08. The maximum absolute atomic E-state index is 12.7. The number of anilines is 1. The van der Waals surface area contributed by atoms with Crippen LogP contribution in [0.25, 0.3) is 11.3 Å². The Morgan fingerprint density at radius 2 is 2.00 bits per heavy atom. The lowest BCUT2D eigenvalue weighted by molar-refractivity contribution is -0.121. The van der Waals surface area contributed by atoms with Crippen LogP contribution < -0.4 is 5.32 Å². The fourth-order valence-corrected chi connectivity index (χ4v) is 3.57. The number of aromatic amines is 1. The van der Waals surface area contributed by atoms with Gasteiger partial charge in [-0.1, -0.05) is 12.1 Å². The van der Waals surface area contributed by atoms with Crippen LogP contribution in [0.15, 0.2) is 48.9 Å². The summed E-state index contributed by atoms with van der Waals surface area (Å²) in [6.45, 7) is 4.41. The van der Waals surface area contributed by atoms with Crippen molar-refractivity contribution in [2.75, 3.05) is 18.4 Å². The van der Waals surface area contributed by atoms with Crippen molar-refractivity contribution in [1.29, 1.82) is 0 Å². The summed E-state index contributed by atoms with van der Waals surface area (Å²) in [5, 5.41) is 9.97. The number of aryl methyl sites for hydroxylation is 1. The van der Waals surface area contributed by atoms with Crippen LogP contribution in [0.1, 0.15) is 24.2 Å². The molecule has 1 amide bonds. The fraction of sp³-hybridized carbons (Fsp3) is 0.333. The number of hydrogen-bond donors (Lipinski definition) is 2. The SMILES string of the molecule is Cc1ncc(CN2CCCC(C(=O)Nc3ccc(-c4ccn[nH]4)cc3)C2)cn1. The number of likely N-dealkylation sites (tertiary alicyclic amines) is 1. The van der Waals surface area contributed by atoms with Crippen molar-refractivity contribution in [2.24, 2.45) is 5.92 Å². The number of hydrogen-bond acceptors (Lipinski definition) is 5. The molecule has 1 aromatic carbocycles. The summed E-state index contributed by atoms with van der Waals surface area (Å²) in [6.07, 6.45) is 7.39. The highest BCUT2D eigenvalue weighted by molar-refractivity contribution is 5.93. The predicted molar refractivity (Wildman–Crippen MR) is 107 cm³/mol. The average Bonchev–Trinajstić information content (AvgIpc) is 3.25. The molecule has 1 fully saturated rings. The molecule has 3 aromatic rings.